The molecule has 142 valence electrons. The lowest BCUT2D eigenvalue weighted by molar-refractivity contribution is -0.374. The van der Waals surface area contributed by atoms with Gasteiger partial charge >= 0.3 is 0 Å². The number of ether oxygens (including phenoxy) is 3. The number of nitrogens with two attached hydrogens (primary N) is 1. The van der Waals surface area contributed by atoms with Crippen molar-refractivity contribution in [2.24, 2.45) is 0 Å². The normalized spacial score (nSPS) is 13.7. The second-order valence-electron chi connectivity index (χ2n) is 6.65. The molecule has 1 aromatic carbocycles. The van der Waals surface area contributed by atoms with Gasteiger partial charge in [0.25, 0.3) is 5.82 Å². The maximum absolute atomic E-state index is 9.83. The number of aromatic nitrogens is 1. The zero-order valence-electron chi connectivity index (χ0n) is 16.1. The SMILES string of the molecule is COc1ccc(-c2c(C#N)c(N)[nH+]c3c2CCCCCC3)c(OC)c1OC. The summed E-state index contributed by atoms with van der Waals surface area (Å²) in [5, 5.41) is 9.83. The number of nitrogen functional groups attached to an aromatic ring is 1. The molecule has 6 nitrogen and oxygen atoms in total. The number of benzene rings is 1. The van der Waals surface area contributed by atoms with E-state index in [2.05, 4.69) is 11.1 Å². The molecule has 0 spiro atoms. The number of aryl methyl sites for hydroxylation is 1. The molecule has 6 heteroatoms. The highest BCUT2D eigenvalue weighted by molar-refractivity contribution is 5.84. The summed E-state index contributed by atoms with van der Waals surface area (Å²) in [4.78, 5) is 3.27. The predicted octanol–water partition coefficient (Wildman–Crippen LogP) is 3.31. The maximum Gasteiger partial charge on any atom is 0.289 e. The van der Waals surface area contributed by atoms with E-state index in [0.29, 0.717) is 28.6 Å². The summed E-state index contributed by atoms with van der Waals surface area (Å²) in [6.45, 7) is 0. The first-order valence-electron chi connectivity index (χ1n) is 9.22. The third kappa shape index (κ3) is 3.37. The number of nitriles is 1. The zero-order chi connectivity index (χ0) is 19.4. The van der Waals surface area contributed by atoms with Crippen molar-refractivity contribution in [1.29, 1.82) is 5.26 Å². The Morgan fingerprint density at radius 2 is 1.67 bits per heavy atom. The van der Waals surface area contributed by atoms with Gasteiger partial charge in [-0.2, -0.15) is 5.26 Å². The van der Waals surface area contributed by atoms with Gasteiger partial charge in [0.15, 0.2) is 11.5 Å². The summed E-state index contributed by atoms with van der Waals surface area (Å²) in [6, 6.07) is 6.03. The summed E-state index contributed by atoms with van der Waals surface area (Å²) in [6.07, 6.45) is 6.41. The minimum atomic E-state index is 0.392. The Labute approximate surface area is 159 Å². The van der Waals surface area contributed by atoms with E-state index < -0.39 is 0 Å². The molecule has 1 aromatic heterocycles. The van der Waals surface area contributed by atoms with Gasteiger partial charge in [-0.1, -0.05) is 12.8 Å². The lowest BCUT2D eigenvalue weighted by Gasteiger charge is -2.20. The molecule has 0 amide bonds. The van der Waals surface area contributed by atoms with Crippen LogP contribution in [0, 0.1) is 11.3 Å². The third-order valence-corrected chi connectivity index (χ3v) is 5.16. The van der Waals surface area contributed by atoms with Crippen LogP contribution in [0.1, 0.15) is 42.5 Å². The van der Waals surface area contributed by atoms with E-state index in [9.17, 15) is 5.26 Å². The van der Waals surface area contributed by atoms with Crippen LogP contribution < -0.4 is 24.9 Å². The second-order valence-corrected chi connectivity index (χ2v) is 6.65. The predicted molar refractivity (Wildman–Crippen MR) is 103 cm³/mol. The average molecular weight is 368 g/mol. The maximum atomic E-state index is 9.83. The fourth-order valence-electron chi connectivity index (χ4n) is 3.89. The van der Waals surface area contributed by atoms with Crippen molar-refractivity contribution in [2.75, 3.05) is 27.1 Å². The van der Waals surface area contributed by atoms with E-state index in [1.54, 1.807) is 21.3 Å². The van der Waals surface area contributed by atoms with Gasteiger partial charge in [0.2, 0.25) is 5.75 Å². The van der Waals surface area contributed by atoms with Crippen molar-refractivity contribution in [3.05, 3.63) is 29.0 Å². The average Bonchev–Trinajstić information content (AvgIpc) is 2.67. The molecule has 0 bridgehead atoms. The molecule has 0 atom stereocenters. The molecule has 3 rings (SSSR count). The monoisotopic (exact) mass is 368 g/mol. The van der Waals surface area contributed by atoms with E-state index in [4.69, 9.17) is 19.9 Å². The number of fused-ring (bicyclic) bond motifs is 1. The molecular formula is C21H26N3O3+. The first-order chi connectivity index (χ1) is 13.2. The van der Waals surface area contributed by atoms with E-state index in [-0.39, 0.29) is 0 Å². The van der Waals surface area contributed by atoms with Crippen molar-refractivity contribution < 1.29 is 19.2 Å². The standard InChI is InChI=1S/C21H25N3O3/c1-25-17-11-10-14(19(26-2)20(17)27-3)18-13-8-6-4-5-7-9-16(13)24-21(23)15(18)12-22/h10-11H,4-9H2,1-3H3,(H2,23,24)/p+1. The van der Waals surface area contributed by atoms with Crippen LogP contribution in [0.15, 0.2) is 12.1 Å². The summed E-state index contributed by atoms with van der Waals surface area (Å²) in [7, 11) is 4.75. The van der Waals surface area contributed by atoms with Crippen LogP contribution >= 0.6 is 0 Å². The number of methoxy groups -OCH3 is 3. The lowest BCUT2D eigenvalue weighted by atomic mass is 9.87. The fourth-order valence-corrected chi connectivity index (χ4v) is 3.89. The number of hydrogen-bond acceptors (Lipinski definition) is 5. The zero-order valence-corrected chi connectivity index (χ0v) is 16.1. The summed E-state index contributed by atoms with van der Waals surface area (Å²) in [5.41, 5.74) is 10.6. The van der Waals surface area contributed by atoms with Gasteiger partial charge in [-0.15, -0.1) is 0 Å². The van der Waals surface area contributed by atoms with Crippen molar-refractivity contribution in [2.45, 2.75) is 38.5 Å². The van der Waals surface area contributed by atoms with Crippen LogP contribution in [-0.4, -0.2) is 21.3 Å². The quantitative estimate of drug-likeness (QED) is 0.894. The van der Waals surface area contributed by atoms with Crippen molar-refractivity contribution in [3.8, 4) is 34.4 Å². The third-order valence-electron chi connectivity index (χ3n) is 5.16. The molecule has 1 aliphatic carbocycles. The van der Waals surface area contributed by atoms with Crippen LogP contribution in [0.5, 0.6) is 17.2 Å². The Bertz CT molecular complexity index is 887. The smallest absolute Gasteiger partial charge is 0.289 e. The van der Waals surface area contributed by atoms with E-state index >= 15 is 0 Å². The number of pyridine rings is 1. The number of rotatable bonds is 4. The number of nitrogens with one attached hydrogen (secondary N) is 1. The molecule has 0 saturated heterocycles. The molecule has 0 saturated carbocycles. The van der Waals surface area contributed by atoms with E-state index in [0.717, 1.165) is 48.1 Å². The number of H-pyrrole nitrogens is 1. The Balaban J connectivity index is 2.35. The molecule has 0 unspecified atom stereocenters. The van der Waals surface area contributed by atoms with Gasteiger partial charge in [-0.25, -0.2) is 4.98 Å². The Hall–Kier alpha value is -2.94. The molecule has 0 fully saturated rings. The van der Waals surface area contributed by atoms with Gasteiger partial charge in [-0.05, 0) is 31.4 Å². The summed E-state index contributed by atoms with van der Waals surface area (Å²) in [5.74, 6) is 2.02. The van der Waals surface area contributed by atoms with Crippen molar-refractivity contribution >= 4 is 5.82 Å². The number of nitrogens with zero attached hydrogens (tertiary/aromatic N) is 1. The second kappa shape index (κ2) is 8.17. The Morgan fingerprint density at radius 3 is 2.30 bits per heavy atom. The van der Waals surface area contributed by atoms with Crippen LogP contribution in [0.3, 0.4) is 0 Å². The molecule has 1 heterocycles. The van der Waals surface area contributed by atoms with Crippen LogP contribution in [0.4, 0.5) is 5.82 Å². The topological polar surface area (TPSA) is 91.6 Å². The molecule has 0 radical (unpaired) electrons. The van der Waals surface area contributed by atoms with Crippen LogP contribution in [0.25, 0.3) is 11.1 Å². The van der Waals surface area contributed by atoms with Gasteiger partial charge < -0.3 is 14.2 Å². The van der Waals surface area contributed by atoms with E-state index in [1.807, 2.05) is 12.1 Å². The Morgan fingerprint density at radius 1 is 0.963 bits per heavy atom. The van der Waals surface area contributed by atoms with Gasteiger partial charge in [0.1, 0.15) is 17.3 Å². The van der Waals surface area contributed by atoms with Gasteiger partial charge in [0.05, 0.1) is 21.3 Å². The van der Waals surface area contributed by atoms with Crippen LogP contribution in [0.2, 0.25) is 0 Å². The first-order valence-corrected chi connectivity index (χ1v) is 9.22. The first kappa shape index (κ1) is 18.8. The summed E-state index contributed by atoms with van der Waals surface area (Å²) >= 11 is 0. The highest BCUT2D eigenvalue weighted by Crippen LogP contribution is 2.47. The largest absolute Gasteiger partial charge is 0.493 e. The molecular weight excluding hydrogens is 342 g/mol. The number of anilines is 1. The molecule has 1 aliphatic rings. The number of aromatic amines is 1. The minimum absolute atomic E-state index is 0.392. The van der Waals surface area contributed by atoms with Crippen molar-refractivity contribution in [1.82, 2.24) is 0 Å². The molecule has 0 aliphatic heterocycles. The summed E-state index contributed by atoms with van der Waals surface area (Å²) < 4.78 is 16.6. The molecule has 2 aromatic rings. The highest BCUT2D eigenvalue weighted by atomic mass is 16.5. The molecule has 27 heavy (non-hydrogen) atoms. The van der Waals surface area contributed by atoms with Gasteiger partial charge in [-0.3, -0.25) is 5.73 Å². The van der Waals surface area contributed by atoms with Gasteiger partial charge in [0, 0.05) is 23.1 Å². The van der Waals surface area contributed by atoms with Crippen molar-refractivity contribution in [3.63, 3.8) is 0 Å². The molecule has 3 N–H and O–H groups in total. The number of hydrogen-bond donors (Lipinski definition) is 1. The van der Waals surface area contributed by atoms with E-state index in [1.165, 1.54) is 12.8 Å². The Kier molecular flexibility index (Phi) is 5.70. The fraction of sp³-hybridized carbons (Fsp3) is 0.429. The minimum Gasteiger partial charge on any atom is -0.493 e. The highest BCUT2D eigenvalue weighted by Gasteiger charge is 2.27. The lowest BCUT2D eigenvalue weighted by Crippen LogP contribution is -2.23. The van der Waals surface area contributed by atoms with Crippen LogP contribution in [-0.2, 0) is 12.8 Å².